The average molecular weight is 445 g/mol. The molecule has 1 aliphatic heterocycles. The summed E-state index contributed by atoms with van der Waals surface area (Å²) in [5.74, 6) is -0.829. The fourth-order valence-electron chi connectivity index (χ4n) is 5.20. The van der Waals surface area contributed by atoms with Crippen molar-refractivity contribution in [2.24, 2.45) is 11.8 Å². The second-order valence-electron chi connectivity index (χ2n) is 9.10. The Morgan fingerprint density at radius 3 is 2.50 bits per heavy atom. The van der Waals surface area contributed by atoms with Crippen molar-refractivity contribution in [1.82, 2.24) is 10.2 Å². The van der Waals surface area contributed by atoms with E-state index in [0.717, 1.165) is 31.2 Å². The van der Waals surface area contributed by atoms with Crippen molar-refractivity contribution in [3.63, 3.8) is 0 Å². The van der Waals surface area contributed by atoms with Crippen molar-refractivity contribution < 1.29 is 24.2 Å². The Labute approximate surface area is 190 Å². The van der Waals surface area contributed by atoms with Gasteiger partial charge in [0.25, 0.3) is 0 Å². The van der Waals surface area contributed by atoms with Crippen molar-refractivity contribution in [2.75, 3.05) is 13.2 Å². The van der Waals surface area contributed by atoms with Gasteiger partial charge in [-0.15, -0.1) is 0 Å². The molecule has 3 rings (SSSR count). The van der Waals surface area contributed by atoms with Crippen LogP contribution in [0.3, 0.4) is 0 Å². The average Bonchev–Trinajstić information content (AvgIpc) is 2.80. The predicted octanol–water partition coefficient (Wildman–Crippen LogP) is 3.02. The van der Waals surface area contributed by atoms with E-state index >= 15 is 0 Å². The van der Waals surface area contributed by atoms with E-state index in [9.17, 15) is 19.5 Å². The molecule has 1 aromatic rings. The molecule has 1 heterocycles. The highest BCUT2D eigenvalue weighted by atomic mass is 16.5. The van der Waals surface area contributed by atoms with E-state index in [4.69, 9.17) is 4.74 Å². The number of esters is 1. The van der Waals surface area contributed by atoms with Crippen molar-refractivity contribution in [1.29, 1.82) is 0 Å². The molecule has 5 atom stereocenters. The number of carboxylic acids is 1. The number of fused-ring (bicyclic) bond motifs is 1. The minimum atomic E-state index is -0.944. The van der Waals surface area contributed by atoms with Gasteiger partial charge in [-0.2, -0.15) is 0 Å². The van der Waals surface area contributed by atoms with E-state index in [2.05, 4.69) is 5.32 Å². The number of aliphatic carboxylic acids is 1. The van der Waals surface area contributed by atoms with Crippen LogP contribution in [0.25, 0.3) is 0 Å². The number of hydrogen-bond donors (Lipinski definition) is 2. The van der Waals surface area contributed by atoms with Crippen LogP contribution in [0.4, 0.5) is 0 Å². The molecule has 0 radical (unpaired) electrons. The molecule has 1 aromatic carbocycles. The summed E-state index contributed by atoms with van der Waals surface area (Å²) < 4.78 is 5.23. The molecule has 0 aromatic heterocycles. The maximum Gasteiger partial charge on any atom is 0.326 e. The molecule has 7 nitrogen and oxygen atoms in total. The first-order valence-electron chi connectivity index (χ1n) is 11.9. The van der Waals surface area contributed by atoms with Gasteiger partial charge in [-0.1, -0.05) is 49.6 Å². The number of nitrogens with one attached hydrogen (secondary N) is 1. The second kappa shape index (κ2) is 11.5. The van der Waals surface area contributed by atoms with E-state index < -0.39 is 24.1 Å². The number of aryl methyl sites for hydroxylation is 1. The van der Waals surface area contributed by atoms with Gasteiger partial charge < -0.3 is 14.7 Å². The second-order valence-corrected chi connectivity index (χ2v) is 9.10. The summed E-state index contributed by atoms with van der Waals surface area (Å²) in [5.41, 5.74) is 1.10. The van der Waals surface area contributed by atoms with Crippen LogP contribution in [0, 0.1) is 11.8 Å². The van der Waals surface area contributed by atoms with Gasteiger partial charge in [0, 0.05) is 6.54 Å². The highest BCUT2D eigenvalue weighted by Crippen LogP contribution is 2.38. The van der Waals surface area contributed by atoms with Crippen LogP contribution in [-0.2, 0) is 25.5 Å². The highest BCUT2D eigenvalue weighted by Gasteiger charge is 2.43. The zero-order valence-corrected chi connectivity index (χ0v) is 19.2. The minimum absolute atomic E-state index is 0.254. The van der Waals surface area contributed by atoms with Crippen LogP contribution in [0.2, 0.25) is 0 Å². The quantitative estimate of drug-likeness (QED) is 0.569. The number of amides is 1. The number of hydrogen-bond acceptors (Lipinski definition) is 5. The van der Waals surface area contributed by atoms with Gasteiger partial charge in [0.2, 0.25) is 5.91 Å². The smallest absolute Gasteiger partial charge is 0.326 e. The van der Waals surface area contributed by atoms with Crippen LogP contribution in [0.1, 0.15) is 57.9 Å². The number of rotatable bonds is 9. The normalized spacial score (nSPS) is 24.8. The predicted molar refractivity (Wildman–Crippen MR) is 121 cm³/mol. The molecule has 1 amide bonds. The lowest BCUT2D eigenvalue weighted by Gasteiger charge is -2.45. The molecule has 2 fully saturated rings. The number of piperidine rings is 1. The number of carbonyl (C=O) groups excluding carboxylic acids is 2. The van der Waals surface area contributed by atoms with Gasteiger partial charge in [-0.3, -0.25) is 14.9 Å². The van der Waals surface area contributed by atoms with Crippen LogP contribution in [-0.4, -0.2) is 59.1 Å². The van der Waals surface area contributed by atoms with Crippen LogP contribution in [0.15, 0.2) is 30.3 Å². The third-order valence-electron chi connectivity index (χ3n) is 6.93. The summed E-state index contributed by atoms with van der Waals surface area (Å²) in [4.78, 5) is 39.4. The van der Waals surface area contributed by atoms with Gasteiger partial charge in [-0.05, 0) is 56.9 Å². The fourth-order valence-corrected chi connectivity index (χ4v) is 5.20. The van der Waals surface area contributed by atoms with Gasteiger partial charge >= 0.3 is 11.9 Å². The third-order valence-corrected chi connectivity index (χ3v) is 6.93. The third kappa shape index (κ3) is 6.09. The molecule has 2 aliphatic rings. The lowest BCUT2D eigenvalue weighted by atomic mass is 9.73. The summed E-state index contributed by atoms with van der Waals surface area (Å²) in [6.07, 6.45) is 6.06. The molecule has 1 aliphatic carbocycles. The van der Waals surface area contributed by atoms with Crippen molar-refractivity contribution in [3.05, 3.63) is 35.9 Å². The number of ether oxygens (including phenoxy) is 1. The number of likely N-dealkylation sites (tertiary alicyclic amines) is 1. The minimum Gasteiger partial charge on any atom is -0.480 e. The lowest BCUT2D eigenvalue weighted by molar-refractivity contribution is -0.157. The Morgan fingerprint density at radius 2 is 1.84 bits per heavy atom. The first kappa shape index (κ1) is 24.2. The molecular weight excluding hydrogens is 408 g/mol. The van der Waals surface area contributed by atoms with Crippen LogP contribution < -0.4 is 5.32 Å². The highest BCUT2D eigenvalue weighted by molar-refractivity contribution is 5.87. The SMILES string of the molecule is CCOC(=O)[C@H](CCc1ccccc1)N[C@@H](C)C(=O)N1C[C@H]2CCCC[C@H]2C[C@H]1C(=O)O. The van der Waals surface area contributed by atoms with E-state index in [1.165, 1.54) is 4.90 Å². The van der Waals surface area contributed by atoms with Crippen molar-refractivity contribution in [2.45, 2.75) is 76.9 Å². The Bertz CT molecular complexity index is 784. The summed E-state index contributed by atoms with van der Waals surface area (Å²) in [6.45, 7) is 4.22. The first-order valence-corrected chi connectivity index (χ1v) is 11.9. The van der Waals surface area contributed by atoms with Gasteiger partial charge in [0.05, 0.1) is 12.6 Å². The van der Waals surface area contributed by atoms with E-state index in [0.29, 0.717) is 37.6 Å². The maximum atomic E-state index is 13.3. The molecule has 1 saturated heterocycles. The molecule has 7 heteroatoms. The Morgan fingerprint density at radius 1 is 1.16 bits per heavy atom. The largest absolute Gasteiger partial charge is 0.480 e. The first-order chi connectivity index (χ1) is 15.4. The Kier molecular flexibility index (Phi) is 8.67. The number of benzene rings is 1. The van der Waals surface area contributed by atoms with Crippen LogP contribution >= 0.6 is 0 Å². The molecule has 32 heavy (non-hydrogen) atoms. The molecule has 176 valence electrons. The fraction of sp³-hybridized carbons (Fsp3) is 0.640. The zero-order chi connectivity index (χ0) is 23.1. The topological polar surface area (TPSA) is 95.9 Å². The summed E-state index contributed by atoms with van der Waals surface area (Å²) in [5, 5.41) is 12.9. The standard InChI is InChI=1S/C25H36N2O5/c1-3-32-25(31)21(14-13-18-9-5-4-6-10-18)26-17(2)23(28)27-16-20-12-8-7-11-19(20)15-22(27)24(29)30/h4-6,9-10,17,19-22,26H,3,7-8,11-16H2,1-2H3,(H,29,30)/t17-,19-,20+,21-,22-/m0/s1. The molecular formula is C25H36N2O5. The zero-order valence-electron chi connectivity index (χ0n) is 19.2. The lowest BCUT2D eigenvalue weighted by Crippen LogP contribution is -2.59. The summed E-state index contributed by atoms with van der Waals surface area (Å²) in [6, 6.07) is 7.75. The van der Waals surface area contributed by atoms with E-state index in [1.807, 2.05) is 30.3 Å². The number of nitrogens with zero attached hydrogens (tertiary/aromatic N) is 1. The summed E-state index contributed by atoms with van der Waals surface area (Å²) >= 11 is 0. The molecule has 0 spiro atoms. The Balaban J connectivity index is 1.67. The van der Waals surface area contributed by atoms with Gasteiger partial charge in [0.1, 0.15) is 12.1 Å². The monoisotopic (exact) mass is 444 g/mol. The van der Waals surface area contributed by atoms with Gasteiger partial charge in [0.15, 0.2) is 0 Å². The van der Waals surface area contributed by atoms with E-state index in [1.54, 1.807) is 13.8 Å². The van der Waals surface area contributed by atoms with Crippen LogP contribution in [0.5, 0.6) is 0 Å². The number of carbonyl (C=O) groups is 3. The molecule has 2 N–H and O–H groups in total. The maximum absolute atomic E-state index is 13.3. The summed E-state index contributed by atoms with van der Waals surface area (Å²) in [7, 11) is 0. The van der Waals surface area contributed by atoms with E-state index in [-0.39, 0.29) is 18.5 Å². The molecule has 0 unspecified atom stereocenters. The van der Waals surface area contributed by atoms with Gasteiger partial charge in [-0.25, -0.2) is 4.79 Å². The van der Waals surface area contributed by atoms with Crippen molar-refractivity contribution in [3.8, 4) is 0 Å². The molecule has 0 bridgehead atoms. The molecule has 1 saturated carbocycles. The van der Waals surface area contributed by atoms with Crippen molar-refractivity contribution >= 4 is 17.8 Å². The Hall–Kier alpha value is -2.41. The number of carboxylic acid groups (broad SMARTS) is 1.